The highest BCUT2D eigenvalue weighted by molar-refractivity contribution is 5.89. The fourth-order valence-electron chi connectivity index (χ4n) is 3.18. The SMILES string of the molecule is COc1nc(NCC(C)(C)C#N)nn2ccc(-c3ccc4nnn(CC(F)F)c4c3)c12. The molecule has 3 aromatic heterocycles. The van der Waals surface area contributed by atoms with E-state index in [1.165, 1.54) is 11.8 Å². The molecule has 0 atom stereocenters. The molecular weight excluding hydrogens is 406 g/mol. The number of halogens is 2. The lowest BCUT2D eigenvalue weighted by molar-refractivity contribution is 0.122. The molecule has 0 spiro atoms. The third-order valence-corrected chi connectivity index (χ3v) is 4.80. The molecule has 1 N–H and O–H groups in total. The summed E-state index contributed by atoms with van der Waals surface area (Å²) >= 11 is 0. The van der Waals surface area contributed by atoms with Crippen LogP contribution in [-0.4, -0.2) is 49.7 Å². The summed E-state index contributed by atoms with van der Waals surface area (Å²) < 4.78 is 34.0. The van der Waals surface area contributed by atoms with Gasteiger partial charge >= 0.3 is 0 Å². The molecule has 0 aliphatic carbocycles. The number of hydrogen-bond acceptors (Lipinski definition) is 7. The Bertz CT molecular complexity index is 1290. The molecule has 0 bridgehead atoms. The predicted octanol–water partition coefficient (Wildman–Crippen LogP) is 3.38. The van der Waals surface area contributed by atoms with Gasteiger partial charge in [0.2, 0.25) is 11.8 Å². The van der Waals surface area contributed by atoms with Crippen LogP contribution in [0.15, 0.2) is 30.5 Å². The maximum atomic E-state index is 12.9. The summed E-state index contributed by atoms with van der Waals surface area (Å²) in [7, 11) is 1.51. The van der Waals surface area contributed by atoms with Crippen molar-refractivity contribution in [3.63, 3.8) is 0 Å². The van der Waals surface area contributed by atoms with Gasteiger partial charge in [-0.15, -0.1) is 10.2 Å². The number of nitrogens with one attached hydrogen (secondary N) is 1. The highest BCUT2D eigenvalue weighted by Crippen LogP contribution is 2.33. The van der Waals surface area contributed by atoms with Crippen LogP contribution in [0.3, 0.4) is 0 Å². The van der Waals surface area contributed by atoms with Crippen LogP contribution in [0.2, 0.25) is 0 Å². The monoisotopic (exact) mass is 426 g/mol. The van der Waals surface area contributed by atoms with Crippen molar-refractivity contribution in [1.82, 2.24) is 29.6 Å². The van der Waals surface area contributed by atoms with E-state index in [4.69, 9.17) is 4.74 Å². The summed E-state index contributed by atoms with van der Waals surface area (Å²) in [5.74, 6) is 0.663. The fourth-order valence-corrected chi connectivity index (χ4v) is 3.18. The average Bonchev–Trinajstić information content (AvgIpc) is 3.35. The van der Waals surface area contributed by atoms with Gasteiger partial charge in [0.15, 0.2) is 0 Å². The average molecular weight is 426 g/mol. The lowest BCUT2D eigenvalue weighted by atomic mass is 9.96. The number of hydrogen-bond donors (Lipinski definition) is 1. The number of methoxy groups -OCH3 is 1. The van der Waals surface area contributed by atoms with Crippen molar-refractivity contribution in [2.45, 2.75) is 26.8 Å². The van der Waals surface area contributed by atoms with Gasteiger partial charge < -0.3 is 10.1 Å². The molecule has 0 radical (unpaired) electrons. The van der Waals surface area contributed by atoms with Crippen LogP contribution >= 0.6 is 0 Å². The molecule has 0 saturated heterocycles. The van der Waals surface area contributed by atoms with Gasteiger partial charge in [-0.05, 0) is 37.6 Å². The van der Waals surface area contributed by atoms with E-state index in [0.717, 1.165) is 11.1 Å². The zero-order valence-electron chi connectivity index (χ0n) is 17.2. The zero-order chi connectivity index (χ0) is 22.2. The summed E-state index contributed by atoms with van der Waals surface area (Å²) in [6.07, 6.45) is -0.775. The summed E-state index contributed by atoms with van der Waals surface area (Å²) in [5, 5.41) is 24.5. The number of nitrogens with zero attached hydrogens (tertiary/aromatic N) is 7. The number of fused-ring (bicyclic) bond motifs is 2. The van der Waals surface area contributed by atoms with Gasteiger partial charge in [0, 0.05) is 18.3 Å². The molecule has 0 amide bonds. The molecule has 0 unspecified atom stereocenters. The first-order valence-electron chi connectivity index (χ1n) is 9.51. The molecule has 4 rings (SSSR count). The van der Waals surface area contributed by atoms with Crippen LogP contribution in [0.1, 0.15) is 13.8 Å². The first kappa shape index (κ1) is 20.5. The molecule has 0 aliphatic rings. The van der Waals surface area contributed by atoms with Crippen LogP contribution in [0.4, 0.5) is 14.7 Å². The molecule has 0 aliphatic heterocycles. The second-order valence-electron chi connectivity index (χ2n) is 7.68. The normalized spacial score (nSPS) is 11.9. The van der Waals surface area contributed by atoms with Gasteiger partial charge in [0.1, 0.15) is 17.6 Å². The van der Waals surface area contributed by atoms with E-state index in [1.807, 2.05) is 26.0 Å². The number of aromatic nitrogens is 6. The van der Waals surface area contributed by atoms with E-state index in [-0.39, 0.29) is 0 Å². The second-order valence-corrected chi connectivity index (χ2v) is 7.68. The second kappa shape index (κ2) is 7.79. The van der Waals surface area contributed by atoms with E-state index in [1.54, 1.807) is 22.8 Å². The molecular formula is C20H20F2N8O. The van der Waals surface area contributed by atoms with Crippen LogP contribution in [0.25, 0.3) is 27.7 Å². The Morgan fingerprint density at radius 1 is 1.29 bits per heavy atom. The summed E-state index contributed by atoms with van der Waals surface area (Å²) in [5.41, 5.74) is 2.61. The van der Waals surface area contributed by atoms with Gasteiger partial charge in [-0.25, -0.2) is 18.0 Å². The van der Waals surface area contributed by atoms with Crippen molar-refractivity contribution in [3.05, 3.63) is 30.5 Å². The quantitative estimate of drug-likeness (QED) is 0.483. The highest BCUT2D eigenvalue weighted by Gasteiger charge is 2.20. The van der Waals surface area contributed by atoms with Crippen molar-refractivity contribution in [3.8, 4) is 23.1 Å². The molecule has 3 heterocycles. The summed E-state index contributed by atoms with van der Waals surface area (Å²) in [6.45, 7) is 3.46. The van der Waals surface area contributed by atoms with Gasteiger partial charge in [0.25, 0.3) is 6.43 Å². The lowest BCUT2D eigenvalue weighted by Gasteiger charge is -2.16. The van der Waals surface area contributed by atoms with E-state index in [9.17, 15) is 14.0 Å². The smallest absolute Gasteiger partial charge is 0.258 e. The minimum atomic E-state index is -2.53. The Morgan fingerprint density at radius 2 is 2.10 bits per heavy atom. The minimum absolute atomic E-state index is 0.324. The number of anilines is 1. The largest absolute Gasteiger partial charge is 0.479 e. The predicted molar refractivity (Wildman–Crippen MR) is 110 cm³/mol. The Morgan fingerprint density at radius 3 is 2.81 bits per heavy atom. The molecule has 0 fully saturated rings. The van der Waals surface area contributed by atoms with E-state index < -0.39 is 18.4 Å². The van der Waals surface area contributed by atoms with Crippen molar-refractivity contribution < 1.29 is 13.5 Å². The van der Waals surface area contributed by atoms with E-state index >= 15 is 0 Å². The number of rotatable bonds is 7. The maximum absolute atomic E-state index is 12.9. The van der Waals surface area contributed by atoms with Crippen LogP contribution in [0, 0.1) is 16.7 Å². The fraction of sp³-hybridized carbons (Fsp3) is 0.350. The Labute approximate surface area is 176 Å². The molecule has 160 valence electrons. The molecule has 31 heavy (non-hydrogen) atoms. The lowest BCUT2D eigenvalue weighted by Crippen LogP contribution is -2.22. The van der Waals surface area contributed by atoms with Crippen molar-refractivity contribution in [2.75, 3.05) is 19.0 Å². The number of benzene rings is 1. The Kier molecular flexibility index (Phi) is 5.14. The third kappa shape index (κ3) is 3.96. The number of nitriles is 1. The molecule has 4 aromatic rings. The van der Waals surface area contributed by atoms with E-state index in [2.05, 4.69) is 31.8 Å². The Balaban J connectivity index is 1.76. The van der Waals surface area contributed by atoms with Crippen LogP contribution < -0.4 is 10.1 Å². The van der Waals surface area contributed by atoms with Crippen molar-refractivity contribution in [2.24, 2.45) is 5.41 Å². The molecule has 11 heteroatoms. The van der Waals surface area contributed by atoms with Gasteiger partial charge in [-0.2, -0.15) is 10.2 Å². The van der Waals surface area contributed by atoms with Gasteiger partial charge in [0.05, 0.1) is 24.1 Å². The number of alkyl halides is 2. The van der Waals surface area contributed by atoms with E-state index in [0.29, 0.717) is 34.9 Å². The third-order valence-electron chi connectivity index (χ3n) is 4.80. The molecule has 0 saturated carbocycles. The first-order valence-corrected chi connectivity index (χ1v) is 9.51. The van der Waals surface area contributed by atoms with Gasteiger partial charge in [-0.1, -0.05) is 11.3 Å². The minimum Gasteiger partial charge on any atom is -0.479 e. The highest BCUT2D eigenvalue weighted by atomic mass is 19.3. The first-order chi connectivity index (χ1) is 14.8. The summed E-state index contributed by atoms with van der Waals surface area (Å²) in [4.78, 5) is 4.42. The van der Waals surface area contributed by atoms with Crippen molar-refractivity contribution in [1.29, 1.82) is 5.26 Å². The van der Waals surface area contributed by atoms with Crippen LogP contribution in [0.5, 0.6) is 5.88 Å². The molecule has 9 nitrogen and oxygen atoms in total. The van der Waals surface area contributed by atoms with Crippen LogP contribution in [-0.2, 0) is 6.54 Å². The maximum Gasteiger partial charge on any atom is 0.258 e. The summed E-state index contributed by atoms with van der Waals surface area (Å²) in [6, 6.07) is 9.39. The standard InChI is InChI=1S/C20H20F2N8O/c1-20(2,10-23)11-24-19-25-18(31-3)17-13(6-7-29(17)27-19)12-4-5-14-15(8-12)30(28-26-14)9-16(21)22/h4-8,16H,9,11H2,1-3H3,(H,24,27). The van der Waals surface area contributed by atoms with Crippen molar-refractivity contribution >= 4 is 22.5 Å². The molecule has 1 aromatic carbocycles. The van der Waals surface area contributed by atoms with Gasteiger partial charge in [-0.3, -0.25) is 0 Å². The Hall–Kier alpha value is -3.81. The topological polar surface area (TPSA) is 106 Å². The number of ether oxygens (including phenoxy) is 1. The zero-order valence-corrected chi connectivity index (χ0v) is 17.2.